The molecule has 0 aromatic heterocycles. The summed E-state index contributed by atoms with van der Waals surface area (Å²) in [5.41, 5.74) is 0.0878. The van der Waals surface area contributed by atoms with E-state index in [2.05, 4.69) is 44.8 Å². The Morgan fingerprint density at radius 3 is 2.24 bits per heavy atom. The van der Waals surface area contributed by atoms with Crippen molar-refractivity contribution in [2.24, 2.45) is 0 Å². The van der Waals surface area contributed by atoms with Crippen molar-refractivity contribution in [2.75, 3.05) is 6.54 Å². The van der Waals surface area contributed by atoms with Gasteiger partial charge in [0.1, 0.15) is 0 Å². The van der Waals surface area contributed by atoms with Gasteiger partial charge in [-0.15, -0.1) is 0 Å². The fourth-order valence-electron chi connectivity index (χ4n) is 3.03. The van der Waals surface area contributed by atoms with Gasteiger partial charge in [0.15, 0.2) is 0 Å². The van der Waals surface area contributed by atoms with Crippen molar-refractivity contribution >= 4 is 5.91 Å². The Balaban J connectivity index is 2.77. The second-order valence-corrected chi connectivity index (χ2v) is 5.44. The van der Waals surface area contributed by atoms with Crippen LogP contribution in [0.5, 0.6) is 0 Å². The number of nitrogens with one attached hydrogen (secondary N) is 1. The highest BCUT2D eigenvalue weighted by Gasteiger charge is 2.42. The molecule has 100 valence electrons. The molecule has 0 saturated carbocycles. The number of carbonyl (C=O) groups excluding carboxylic acids is 1. The van der Waals surface area contributed by atoms with Crippen LogP contribution in [0.15, 0.2) is 0 Å². The van der Waals surface area contributed by atoms with Gasteiger partial charge < -0.3 is 10.2 Å². The molecule has 1 heterocycles. The summed E-state index contributed by atoms with van der Waals surface area (Å²) in [5, 5.41) is 3.37. The molecule has 17 heavy (non-hydrogen) atoms. The van der Waals surface area contributed by atoms with Gasteiger partial charge in [-0.3, -0.25) is 4.79 Å². The van der Waals surface area contributed by atoms with Crippen molar-refractivity contribution in [3.05, 3.63) is 0 Å². The Kier molecular flexibility index (Phi) is 4.99. The predicted molar refractivity (Wildman–Crippen MR) is 72.0 cm³/mol. The summed E-state index contributed by atoms with van der Waals surface area (Å²) < 4.78 is 0. The average molecular weight is 240 g/mol. The second-order valence-electron chi connectivity index (χ2n) is 5.44. The maximum Gasteiger partial charge on any atom is 0.240 e. The molecular weight excluding hydrogens is 212 g/mol. The van der Waals surface area contributed by atoms with E-state index >= 15 is 0 Å². The van der Waals surface area contributed by atoms with Gasteiger partial charge in [-0.25, -0.2) is 0 Å². The smallest absolute Gasteiger partial charge is 0.240 e. The second kappa shape index (κ2) is 5.85. The van der Waals surface area contributed by atoms with Crippen LogP contribution >= 0.6 is 0 Å². The quantitative estimate of drug-likeness (QED) is 0.774. The molecule has 0 radical (unpaired) electrons. The van der Waals surface area contributed by atoms with Gasteiger partial charge in [-0.2, -0.15) is 0 Å². The highest BCUT2D eigenvalue weighted by Crippen LogP contribution is 2.32. The number of amides is 1. The van der Waals surface area contributed by atoms with Crippen LogP contribution in [0, 0.1) is 0 Å². The molecule has 0 aromatic carbocycles. The Morgan fingerprint density at radius 1 is 1.29 bits per heavy atom. The lowest BCUT2D eigenvalue weighted by Gasteiger charge is -2.40. The third kappa shape index (κ3) is 2.82. The summed E-state index contributed by atoms with van der Waals surface area (Å²) in [6.07, 6.45) is 4.12. The SMILES string of the molecule is CCC(CC)(CC)N1CCC(NC(C)C)C1=O. The minimum Gasteiger partial charge on any atom is -0.336 e. The van der Waals surface area contributed by atoms with Gasteiger partial charge in [-0.1, -0.05) is 34.6 Å². The molecule has 3 heteroatoms. The summed E-state index contributed by atoms with van der Waals surface area (Å²) >= 11 is 0. The molecule has 1 unspecified atom stereocenters. The van der Waals surface area contributed by atoms with Crippen LogP contribution in [0.3, 0.4) is 0 Å². The fourth-order valence-corrected chi connectivity index (χ4v) is 3.03. The normalized spacial score (nSPS) is 21.6. The molecule has 1 rings (SSSR count). The summed E-state index contributed by atoms with van der Waals surface area (Å²) in [6.45, 7) is 11.7. The van der Waals surface area contributed by atoms with Gasteiger partial charge in [0.25, 0.3) is 0 Å². The third-order valence-corrected chi connectivity index (χ3v) is 4.29. The topological polar surface area (TPSA) is 32.3 Å². The Morgan fingerprint density at radius 2 is 1.82 bits per heavy atom. The standard InChI is InChI=1S/C14H28N2O/c1-6-14(7-2,8-3)16-10-9-12(13(16)17)15-11(4)5/h11-12,15H,6-10H2,1-5H3. The van der Waals surface area contributed by atoms with Crippen molar-refractivity contribution in [3.8, 4) is 0 Å². The van der Waals surface area contributed by atoms with Gasteiger partial charge in [-0.05, 0) is 25.7 Å². The van der Waals surface area contributed by atoms with Crippen LogP contribution in [0.2, 0.25) is 0 Å². The van der Waals surface area contributed by atoms with Crippen molar-refractivity contribution in [1.29, 1.82) is 0 Å². The monoisotopic (exact) mass is 240 g/mol. The first-order valence-corrected chi connectivity index (χ1v) is 7.08. The van der Waals surface area contributed by atoms with Gasteiger partial charge in [0.05, 0.1) is 6.04 Å². The van der Waals surface area contributed by atoms with E-state index in [1.807, 2.05) is 0 Å². The van der Waals surface area contributed by atoms with Crippen molar-refractivity contribution < 1.29 is 4.79 Å². The fraction of sp³-hybridized carbons (Fsp3) is 0.929. The minimum atomic E-state index is 0.0408. The number of likely N-dealkylation sites (tertiary alicyclic amines) is 1. The van der Waals surface area contributed by atoms with E-state index in [-0.39, 0.29) is 11.6 Å². The molecule has 0 aromatic rings. The van der Waals surface area contributed by atoms with E-state index in [1.165, 1.54) is 0 Å². The molecule has 3 nitrogen and oxygen atoms in total. The van der Waals surface area contributed by atoms with Crippen LogP contribution in [0.1, 0.15) is 60.3 Å². The minimum absolute atomic E-state index is 0.0408. The molecular formula is C14H28N2O. The maximum atomic E-state index is 12.4. The third-order valence-electron chi connectivity index (χ3n) is 4.29. The van der Waals surface area contributed by atoms with E-state index in [1.54, 1.807) is 0 Å². The van der Waals surface area contributed by atoms with Crippen LogP contribution in [-0.4, -0.2) is 35.0 Å². The summed E-state index contributed by atoms with van der Waals surface area (Å²) in [6, 6.07) is 0.419. The average Bonchev–Trinajstić information content (AvgIpc) is 2.65. The zero-order valence-corrected chi connectivity index (χ0v) is 12.0. The van der Waals surface area contributed by atoms with Crippen LogP contribution in [-0.2, 0) is 4.79 Å². The molecule has 0 spiro atoms. The number of rotatable bonds is 6. The molecule has 1 aliphatic heterocycles. The zero-order valence-electron chi connectivity index (χ0n) is 12.0. The molecule has 1 N–H and O–H groups in total. The molecule has 1 atom stereocenters. The van der Waals surface area contributed by atoms with Gasteiger partial charge in [0, 0.05) is 18.1 Å². The maximum absolute atomic E-state index is 12.4. The van der Waals surface area contributed by atoms with E-state index in [4.69, 9.17) is 0 Å². The van der Waals surface area contributed by atoms with Gasteiger partial charge >= 0.3 is 0 Å². The molecule has 1 saturated heterocycles. The first-order chi connectivity index (χ1) is 8.00. The van der Waals surface area contributed by atoms with Crippen molar-refractivity contribution in [2.45, 2.75) is 77.9 Å². The lowest BCUT2D eigenvalue weighted by Crippen LogP contribution is -2.51. The van der Waals surface area contributed by atoms with Gasteiger partial charge in [0.2, 0.25) is 5.91 Å². The van der Waals surface area contributed by atoms with E-state index in [0.29, 0.717) is 11.9 Å². The lowest BCUT2D eigenvalue weighted by molar-refractivity contribution is -0.135. The first kappa shape index (κ1) is 14.5. The highest BCUT2D eigenvalue weighted by atomic mass is 16.2. The van der Waals surface area contributed by atoms with Crippen LogP contribution in [0.25, 0.3) is 0 Å². The number of hydrogen-bond donors (Lipinski definition) is 1. The van der Waals surface area contributed by atoms with Crippen LogP contribution < -0.4 is 5.32 Å². The first-order valence-electron chi connectivity index (χ1n) is 7.08. The molecule has 1 aliphatic rings. The van der Waals surface area contributed by atoms with E-state index in [0.717, 1.165) is 32.2 Å². The largest absolute Gasteiger partial charge is 0.336 e. The molecule has 0 bridgehead atoms. The Hall–Kier alpha value is -0.570. The number of hydrogen-bond acceptors (Lipinski definition) is 2. The number of nitrogens with zero attached hydrogens (tertiary/aromatic N) is 1. The van der Waals surface area contributed by atoms with Crippen molar-refractivity contribution in [3.63, 3.8) is 0 Å². The van der Waals surface area contributed by atoms with E-state index < -0.39 is 0 Å². The molecule has 1 fully saturated rings. The van der Waals surface area contributed by atoms with E-state index in [9.17, 15) is 4.79 Å². The van der Waals surface area contributed by atoms with Crippen molar-refractivity contribution in [1.82, 2.24) is 10.2 Å². The summed E-state index contributed by atoms with van der Waals surface area (Å²) in [7, 11) is 0. The predicted octanol–water partition coefficient (Wildman–Crippen LogP) is 2.55. The Labute approximate surface area is 106 Å². The summed E-state index contributed by atoms with van der Waals surface area (Å²) in [5.74, 6) is 0.309. The Bertz CT molecular complexity index is 251. The summed E-state index contributed by atoms with van der Waals surface area (Å²) in [4.78, 5) is 14.6. The lowest BCUT2D eigenvalue weighted by atomic mass is 9.88. The molecule has 1 amide bonds. The van der Waals surface area contributed by atoms with Crippen LogP contribution in [0.4, 0.5) is 0 Å². The zero-order chi connectivity index (χ0) is 13.1. The number of carbonyl (C=O) groups is 1. The molecule has 0 aliphatic carbocycles. The highest BCUT2D eigenvalue weighted by molar-refractivity contribution is 5.84.